The van der Waals surface area contributed by atoms with Gasteiger partial charge in [0.25, 0.3) is 5.69 Å². The number of thioether (sulfide) groups is 1. The van der Waals surface area contributed by atoms with E-state index in [-0.39, 0.29) is 29.8 Å². The van der Waals surface area contributed by atoms with E-state index in [1.165, 1.54) is 18.2 Å². The molecule has 0 aliphatic heterocycles. The fourth-order valence-electron chi connectivity index (χ4n) is 1.53. The monoisotopic (exact) mass is 324 g/mol. The molecule has 1 rings (SSSR count). The van der Waals surface area contributed by atoms with Gasteiger partial charge >= 0.3 is 5.51 Å². The third kappa shape index (κ3) is 6.67. The van der Waals surface area contributed by atoms with Crippen molar-refractivity contribution in [2.75, 3.05) is 18.9 Å². The number of hydrogen-bond acceptors (Lipinski definition) is 5. The first kappa shape index (κ1) is 17.6. The molecule has 0 atom stereocenters. The number of non-ortho nitro benzene ring substituents is 1. The maximum Gasteiger partial charge on any atom is 0.441 e. The molecule has 0 bridgehead atoms. The highest BCUT2D eigenvalue weighted by Crippen LogP contribution is 2.30. The van der Waals surface area contributed by atoms with Gasteiger partial charge in [0.1, 0.15) is 5.75 Å². The molecule has 0 fully saturated rings. The van der Waals surface area contributed by atoms with Crippen LogP contribution >= 0.6 is 11.8 Å². The van der Waals surface area contributed by atoms with Crippen molar-refractivity contribution in [3.63, 3.8) is 0 Å². The summed E-state index contributed by atoms with van der Waals surface area (Å²) in [4.78, 5) is 10.2. The fraction of sp³-hybridized carbons (Fsp3) is 0.500. The molecule has 0 aliphatic rings. The molecule has 0 saturated heterocycles. The summed E-state index contributed by atoms with van der Waals surface area (Å²) in [7, 11) is 0. The second-order valence-corrected chi connectivity index (χ2v) is 5.13. The lowest BCUT2D eigenvalue weighted by Gasteiger charge is -2.12. The minimum atomic E-state index is -4.29. The van der Waals surface area contributed by atoms with Crippen LogP contribution in [0.2, 0.25) is 0 Å². The molecule has 1 aromatic rings. The van der Waals surface area contributed by atoms with Crippen LogP contribution < -0.4 is 10.1 Å². The zero-order valence-electron chi connectivity index (χ0n) is 11.3. The van der Waals surface area contributed by atoms with E-state index in [9.17, 15) is 23.3 Å². The van der Waals surface area contributed by atoms with Gasteiger partial charge < -0.3 is 10.1 Å². The number of ether oxygens (including phenoxy) is 1. The Morgan fingerprint density at radius 1 is 1.43 bits per heavy atom. The van der Waals surface area contributed by atoms with Crippen molar-refractivity contribution >= 4 is 17.4 Å². The Morgan fingerprint density at radius 2 is 2.14 bits per heavy atom. The molecule has 0 aliphatic carbocycles. The van der Waals surface area contributed by atoms with E-state index < -0.39 is 10.4 Å². The van der Waals surface area contributed by atoms with Crippen LogP contribution in [0.1, 0.15) is 12.5 Å². The average Bonchev–Trinajstić information content (AvgIpc) is 2.40. The Kier molecular flexibility index (Phi) is 6.76. The number of nitrogens with zero attached hydrogens (tertiary/aromatic N) is 1. The van der Waals surface area contributed by atoms with Crippen LogP contribution in [-0.2, 0) is 6.54 Å². The number of benzene rings is 1. The molecule has 0 radical (unpaired) electrons. The van der Waals surface area contributed by atoms with Crippen LogP contribution in [0.5, 0.6) is 5.75 Å². The molecule has 21 heavy (non-hydrogen) atoms. The van der Waals surface area contributed by atoms with E-state index in [0.717, 1.165) is 0 Å². The van der Waals surface area contributed by atoms with Crippen LogP contribution in [0, 0.1) is 10.1 Å². The van der Waals surface area contributed by atoms with Crippen molar-refractivity contribution < 1.29 is 22.8 Å². The Morgan fingerprint density at radius 3 is 2.71 bits per heavy atom. The molecule has 0 saturated carbocycles. The summed E-state index contributed by atoms with van der Waals surface area (Å²) in [5, 5.41) is 13.7. The number of nitrogens with one attached hydrogen (secondary N) is 1. The zero-order chi connectivity index (χ0) is 15.9. The summed E-state index contributed by atoms with van der Waals surface area (Å²) in [5.41, 5.74) is -3.83. The first-order valence-corrected chi connectivity index (χ1v) is 7.13. The molecule has 0 spiro atoms. The number of rotatable bonds is 8. The number of nitro benzene ring substituents is 1. The predicted molar refractivity (Wildman–Crippen MR) is 74.5 cm³/mol. The Hall–Kier alpha value is -1.48. The van der Waals surface area contributed by atoms with Gasteiger partial charge in [0.05, 0.1) is 11.5 Å². The molecule has 0 unspecified atom stereocenters. The van der Waals surface area contributed by atoms with Crippen molar-refractivity contribution in [1.82, 2.24) is 5.32 Å². The molecule has 1 aromatic carbocycles. The van der Waals surface area contributed by atoms with Gasteiger partial charge in [-0.05, 0) is 24.4 Å². The van der Waals surface area contributed by atoms with Crippen LogP contribution in [-0.4, -0.2) is 29.3 Å². The SMILES string of the molecule is CCNCc1cc([N+](=O)[O-])ccc1OCCSC(F)(F)F. The molecular formula is C12H15F3N2O3S. The highest BCUT2D eigenvalue weighted by Gasteiger charge is 2.27. The summed E-state index contributed by atoms with van der Waals surface area (Å²) in [5.74, 6) is 0.116. The highest BCUT2D eigenvalue weighted by atomic mass is 32.2. The van der Waals surface area contributed by atoms with E-state index in [4.69, 9.17) is 4.74 Å². The van der Waals surface area contributed by atoms with Gasteiger partial charge in [-0.15, -0.1) is 0 Å². The quantitative estimate of drug-likeness (QED) is 0.451. The lowest BCUT2D eigenvalue weighted by Crippen LogP contribution is -2.14. The highest BCUT2D eigenvalue weighted by molar-refractivity contribution is 8.00. The standard InChI is InChI=1S/C12H15F3N2O3S/c1-2-16-8-9-7-10(17(18)19)3-4-11(9)20-5-6-21-12(13,14)15/h3-4,7,16H,2,5-6,8H2,1H3. The molecule has 118 valence electrons. The molecule has 9 heteroatoms. The summed E-state index contributed by atoms with van der Waals surface area (Å²) >= 11 is -0.164. The third-order valence-corrected chi connectivity index (χ3v) is 3.13. The molecule has 5 nitrogen and oxygen atoms in total. The second kappa shape index (κ2) is 8.08. The van der Waals surface area contributed by atoms with Crippen molar-refractivity contribution in [2.24, 2.45) is 0 Å². The number of halogens is 3. The predicted octanol–water partition coefficient (Wildman–Crippen LogP) is 3.34. The first-order valence-electron chi connectivity index (χ1n) is 6.15. The van der Waals surface area contributed by atoms with E-state index in [0.29, 0.717) is 24.4 Å². The van der Waals surface area contributed by atoms with Crippen LogP contribution in [0.3, 0.4) is 0 Å². The number of nitro groups is 1. The first-order chi connectivity index (χ1) is 9.83. The lowest BCUT2D eigenvalue weighted by atomic mass is 10.1. The lowest BCUT2D eigenvalue weighted by molar-refractivity contribution is -0.384. The Labute approximate surface area is 124 Å². The minimum absolute atomic E-state index is 0.0834. The normalized spacial score (nSPS) is 11.4. The summed E-state index contributed by atoms with van der Waals surface area (Å²) in [6, 6.07) is 4.03. The third-order valence-electron chi connectivity index (χ3n) is 2.43. The summed E-state index contributed by atoms with van der Waals surface area (Å²) in [6.45, 7) is 2.75. The maximum absolute atomic E-state index is 12.0. The van der Waals surface area contributed by atoms with Gasteiger partial charge in [0.15, 0.2) is 0 Å². The molecule has 0 aromatic heterocycles. The van der Waals surface area contributed by atoms with E-state index in [1.807, 2.05) is 6.92 Å². The van der Waals surface area contributed by atoms with Gasteiger partial charge in [-0.1, -0.05) is 6.92 Å². The molecule has 0 heterocycles. The van der Waals surface area contributed by atoms with Gasteiger partial charge in [0, 0.05) is 30.0 Å². The Balaban J connectivity index is 2.68. The van der Waals surface area contributed by atoms with Crippen LogP contribution in [0.15, 0.2) is 18.2 Å². The van der Waals surface area contributed by atoms with Crippen LogP contribution in [0.4, 0.5) is 18.9 Å². The molecular weight excluding hydrogens is 309 g/mol. The Bertz CT molecular complexity index is 483. The molecule has 0 amide bonds. The minimum Gasteiger partial charge on any atom is -0.492 e. The van der Waals surface area contributed by atoms with Crippen molar-refractivity contribution in [3.05, 3.63) is 33.9 Å². The smallest absolute Gasteiger partial charge is 0.441 e. The van der Waals surface area contributed by atoms with E-state index in [2.05, 4.69) is 5.32 Å². The second-order valence-electron chi connectivity index (χ2n) is 3.97. The van der Waals surface area contributed by atoms with E-state index in [1.54, 1.807) is 0 Å². The largest absolute Gasteiger partial charge is 0.492 e. The number of alkyl halides is 3. The number of hydrogen-bond donors (Lipinski definition) is 1. The van der Waals surface area contributed by atoms with Crippen LogP contribution in [0.25, 0.3) is 0 Å². The topological polar surface area (TPSA) is 64.4 Å². The molecule has 1 N–H and O–H groups in total. The fourth-order valence-corrected chi connectivity index (χ4v) is 1.93. The van der Waals surface area contributed by atoms with Gasteiger partial charge in [-0.2, -0.15) is 13.2 Å². The maximum atomic E-state index is 12.0. The van der Waals surface area contributed by atoms with Gasteiger partial charge in [-0.3, -0.25) is 10.1 Å². The van der Waals surface area contributed by atoms with Crippen molar-refractivity contribution in [2.45, 2.75) is 19.0 Å². The summed E-state index contributed by atoms with van der Waals surface area (Å²) in [6.07, 6.45) is 0. The summed E-state index contributed by atoms with van der Waals surface area (Å²) < 4.78 is 41.3. The van der Waals surface area contributed by atoms with Crippen molar-refractivity contribution in [1.29, 1.82) is 0 Å². The van der Waals surface area contributed by atoms with Crippen molar-refractivity contribution in [3.8, 4) is 5.75 Å². The average molecular weight is 324 g/mol. The van der Waals surface area contributed by atoms with Gasteiger partial charge in [-0.25, -0.2) is 0 Å². The van der Waals surface area contributed by atoms with Gasteiger partial charge in [0.2, 0.25) is 0 Å². The zero-order valence-corrected chi connectivity index (χ0v) is 12.1. The van der Waals surface area contributed by atoms with E-state index >= 15 is 0 Å².